The number of hydrogen-bond acceptors (Lipinski definition) is 4. The minimum Gasteiger partial charge on any atom is -0.481 e. The first-order valence-corrected chi connectivity index (χ1v) is 7.66. The van der Waals surface area contributed by atoms with Crippen LogP contribution in [0.3, 0.4) is 0 Å². The minimum atomic E-state index is -0.874. The fourth-order valence-corrected chi connectivity index (χ4v) is 2.46. The normalized spacial score (nSPS) is 10.7. The van der Waals surface area contributed by atoms with Crippen molar-refractivity contribution in [3.8, 4) is 0 Å². The molecule has 0 saturated heterocycles. The molecule has 0 fully saturated rings. The van der Waals surface area contributed by atoms with Gasteiger partial charge in [-0.05, 0) is 5.92 Å². The summed E-state index contributed by atoms with van der Waals surface area (Å²) in [5, 5.41) is 12.2. The van der Waals surface area contributed by atoms with Crippen LogP contribution in [0.4, 0.5) is 4.79 Å². The summed E-state index contributed by atoms with van der Waals surface area (Å²) in [5.41, 5.74) is 1.03. The molecule has 1 aromatic heterocycles. The Morgan fingerprint density at radius 3 is 2.67 bits per heavy atom. The quantitative estimate of drug-likeness (QED) is 0.744. The van der Waals surface area contributed by atoms with Crippen LogP contribution in [0.2, 0.25) is 0 Å². The van der Waals surface area contributed by atoms with E-state index in [1.165, 1.54) is 16.7 Å². The first-order valence-electron chi connectivity index (χ1n) is 6.68. The van der Waals surface area contributed by atoms with Crippen LogP contribution in [0.15, 0.2) is 11.4 Å². The molecular weight excluding hydrogens is 292 g/mol. The molecule has 21 heavy (non-hydrogen) atoms. The molecule has 0 saturated carbocycles. The topological polar surface area (TPSA) is 87.5 Å². The van der Waals surface area contributed by atoms with Gasteiger partial charge in [-0.3, -0.25) is 4.79 Å². The number of carboxylic acids is 1. The van der Waals surface area contributed by atoms with Gasteiger partial charge >= 0.3 is 12.0 Å². The summed E-state index contributed by atoms with van der Waals surface area (Å²) in [4.78, 5) is 27.9. The third-order valence-electron chi connectivity index (χ3n) is 2.78. The van der Waals surface area contributed by atoms with Crippen molar-refractivity contribution in [2.75, 3.05) is 26.4 Å². The fourth-order valence-electron chi connectivity index (χ4n) is 1.73. The lowest BCUT2D eigenvalue weighted by Crippen LogP contribution is -2.36. The first-order chi connectivity index (χ1) is 9.82. The molecule has 0 unspecified atom stereocenters. The van der Waals surface area contributed by atoms with Gasteiger partial charge < -0.3 is 19.9 Å². The van der Waals surface area contributed by atoms with Crippen LogP contribution in [-0.4, -0.2) is 58.0 Å². The third kappa shape index (κ3) is 5.30. The van der Waals surface area contributed by atoms with E-state index in [4.69, 9.17) is 5.11 Å². The number of urea groups is 1. The summed E-state index contributed by atoms with van der Waals surface area (Å²) in [6.07, 6.45) is 1.77. The van der Waals surface area contributed by atoms with Crippen LogP contribution in [0, 0.1) is 0 Å². The van der Waals surface area contributed by atoms with E-state index < -0.39 is 5.97 Å². The number of carbonyl (C=O) groups excluding carboxylic acids is 1. The second kappa shape index (κ2) is 7.92. The zero-order valence-electron chi connectivity index (χ0n) is 12.8. The van der Waals surface area contributed by atoms with E-state index in [0.717, 1.165) is 5.69 Å². The number of aromatic nitrogens is 2. The largest absolute Gasteiger partial charge is 0.481 e. The molecule has 2 N–H and O–H groups in total. The van der Waals surface area contributed by atoms with Crippen molar-refractivity contribution in [2.45, 2.75) is 31.5 Å². The van der Waals surface area contributed by atoms with Gasteiger partial charge in [0.1, 0.15) is 0 Å². The number of nitrogens with one attached hydrogen (secondary N) is 1. The zero-order chi connectivity index (χ0) is 16.0. The molecule has 118 valence electrons. The molecule has 0 aliphatic rings. The highest BCUT2D eigenvalue weighted by Crippen LogP contribution is 2.23. The van der Waals surface area contributed by atoms with E-state index in [9.17, 15) is 9.59 Å². The lowest BCUT2D eigenvalue weighted by Gasteiger charge is -2.16. The third-order valence-corrected chi connectivity index (χ3v) is 3.76. The number of nitrogens with zero attached hydrogens (tertiary/aromatic N) is 3. The molecule has 0 bridgehead atoms. The van der Waals surface area contributed by atoms with Crippen molar-refractivity contribution in [2.24, 2.45) is 0 Å². The number of aliphatic carboxylic acids is 1. The second-order valence-corrected chi connectivity index (χ2v) is 6.02. The van der Waals surface area contributed by atoms with Crippen LogP contribution in [-0.2, 0) is 11.3 Å². The highest BCUT2D eigenvalue weighted by Gasteiger charge is 2.14. The van der Waals surface area contributed by atoms with Gasteiger partial charge in [0.25, 0.3) is 0 Å². The molecule has 8 heteroatoms. The number of hydrogen-bond donors (Lipinski definition) is 2. The summed E-state index contributed by atoms with van der Waals surface area (Å²) < 4.78 is 1.97. The Labute approximate surface area is 128 Å². The van der Waals surface area contributed by atoms with Crippen molar-refractivity contribution in [1.29, 1.82) is 0 Å². The van der Waals surface area contributed by atoms with Crippen LogP contribution in [0.25, 0.3) is 0 Å². The van der Waals surface area contributed by atoms with Crippen LogP contribution < -0.4 is 5.32 Å². The Kier molecular flexibility index (Phi) is 6.54. The lowest BCUT2D eigenvalue weighted by molar-refractivity contribution is -0.133. The molecule has 1 rings (SSSR count). The number of thioether (sulfide) groups is 1. The Bertz CT molecular complexity index is 500. The summed E-state index contributed by atoms with van der Waals surface area (Å²) >= 11 is 1.19. The Balaban J connectivity index is 2.74. The summed E-state index contributed by atoms with van der Waals surface area (Å²) in [5.74, 6) is -0.624. The average molecular weight is 314 g/mol. The van der Waals surface area contributed by atoms with E-state index in [1.807, 2.05) is 4.57 Å². The summed E-state index contributed by atoms with van der Waals surface area (Å²) in [7, 11) is 3.36. The van der Waals surface area contributed by atoms with Crippen LogP contribution in [0.5, 0.6) is 0 Å². The lowest BCUT2D eigenvalue weighted by atomic mass is 10.1. The average Bonchev–Trinajstić information content (AvgIpc) is 2.79. The number of amides is 2. The maximum absolute atomic E-state index is 11.5. The van der Waals surface area contributed by atoms with Gasteiger partial charge in [0.05, 0.1) is 5.75 Å². The molecule has 0 radical (unpaired) electrons. The molecular formula is C13H22N4O3S. The van der Waals surface area contributed by atoms with Crippen molar-refractivity contribution in [3.05, 3.63) is 11.9 Å². The number of rotatable bonds is 7. The monoisotopic (exact) mass is 314 g/mol. The van der Waals surface area contributed by atoms with Gasteiger partial charge in [0.15, 0.2) is 5.16 Å². The number of imidazole rings is 1. The van der Waals surface area contributed by atoms with Gasteiger partial charge in [0, 0.05) is 39.1 Å². The fraction of sp³-hybridized carbons (Fsp3) is 0.615. The molecule has 1 aromatic rings. The van der Waals surface area contributed by atoms with Gasteiger partial charge in [-0.1, -0.05) is 25.6 Å². The van der Waals surface area contributed by atoms with E-state index in [0.29, 0.717) is 18.2 Å². The molecule has 0 atom stereocenters. The Morgan fingerprint density at radius 2 is 2.14 bits per heavy atom. The molecule has 7 nitrogen and oxygen atoms in total. The molecule has 0 aliphatic carbocycles. The molecule has 0 spiro atoms. The molecule has 0 aliphatic heterocycles. The predicted octanol–water partition coefficient (Wildman–Crippen LogP) is 1.45. The summed E-state index contributed by atoms with van der Waals surface area (Å²) in [6.45, 7) is 5.14. The van der Waals surface area contributed by atoms with Crippen molar-refractivity contribution in [1.82, 2.24) is 19.8 Å². The van der Waals surface area contributed by atoms with E-state index in [-0.39, 0.29) is 17.7 Å². The van der Waals surface area contributed by atoms with Gasteiger partial charge in [0.2, 0.25) is 0 Å². The zero-order valence-corrected chi connectivity index (χ0v) is 13.6. The second-order valence-electron chi connectivity index (χ2n) is 5.08. The van der Waals surface area contributed by atoms with Crippen molar-refractivity contribution in [3.63, 3.8) is 0 Å². The minimum absolute atomic E-state index is 0.0292. The highest BCUT2D eigenvalue weighted by molar-refractivity contribution is 7.99. The van der Waals surface area contributed by atoms with Gasteiger partial charge in [-0.15, -0.1) is 0 Å². The van der Waals surface area contributed by atoms with E-state index in [2.05, 4.69) is 24.1 Å². The van der Waals surface area contributed by atoms with E-state index >= 15 is 0 Å². The number of carboxylic acid groups (broad SMARTS) is 1. The van der Waals surface area contributed by atoms with Crippen LogP contribution >= 0.6 is 11.8 Å². The Morgan fingerprint density at radius 1 is 1.48 bits per heavy atom. The summed E-state index contributed by atoms with van der Waals surface area (Å²) in [6, 6.07) is -0.152. The first kappa shape index (κ1) is 17.4. The highest BCUT2D eigenvalue weighted by atomic mass is 32.2. The predicted molar refractivity (Wildman–Crippen MR) is 81.8 cm³/mol. The SMILES string of the molecule is CC(C)c1cnc(SCC(=O)O)n1CCNC(=O)N(C)C. The van der Waals surface area contributed by atoms with Crippen molar-refractivity contribution >= 4 is 23.8 Å². The van der Waals surface area contributed by atoms with Gasteiger partial charge in [-0.25, -0.2) is 9.78 Å². The maximum Gasteiger partial charge on any atom is 0.316 e. The molecule has 2 amide bonds. The smallest absolute Gasteiger partial charge is 0.316 e. The van der Waals surface area contributed by atoms with Gasteiger partial charge in [-0.2, -0.15) is 0 Å². The number of carbonyl (C=O) groups is 2. The standard InChI is InChI=1S/C13H22N4O3S/c1-9(2)10-7-15-13(21-8-11(18)19)17(10)6-5-14-12(20)16(3)4/h7,9H,5-6,8H2,1-4H3,(H,14,20)(H,18,19). The Hall–Kier alpha value is -1.70. The molecule has 1 heterocycles. The van der Waals surface area contributed by atoms with Crippen LogP contribution in [0.1, 0.15) is 25.5 Å². The van der Waals surface area contributed by atoms with E-state index in [1.54, 1.807) is 20.3 Å². The molecule has 0 aromatic carbocycles. The maximum atomic E-state index is 11.5. The van der Waals surface area contributed by atoms with Crippen molar-refractivity contribution < 1.29 is 14.7 Å².